The summed E-state index contributed by atoms with van der Waals surface area (Å²) < 4.78 is 6.97. The van der Waals surface area contributed by atoms with E-state index in [2.05, 4.69) is 4.57 Å². The van der Waals surface area contributed by atoms with Gasteiger partial charge in [-0.3, -0.25) is 0 Å². The van der Waals surface area contributed by atoms with E-state index in [1.165, 1.54) is 7.11 Å². The standard InChI is InChI=1S/C13H11NO2/c1-16-13(15)12-9-5-2-3-6-10(9)14-8-4-7-11(12)14/h2-7H,8H2,1H3. The van der Waals surface area contributed by atoms with Gasteiger partial charge in [-0.05, 0) is 12.1 Å². The van der Waals surface area contributed by atoms with Crippen LogP contribution in [0.2, 0.25) is 0 Å². The molecule has 0 saturated heterocycles. The third-order valence-corrected chi connectivity index (χ3v) is 2.96. The molecule has 0 atom stereocenters. The Labute approximate surface area is 92.9 Å². The molecule has 1 aliphatic heterocycles. The zero-order valence-electron chi connectivity index (χ0n) is 8.93. The van der Waals surface area contributed by atoms with Gasteiger partial charge in [-0.25, -0.2) is 4.79 Å². The number of benzene rings is 1. The van der Waals surface area contributed by atoms with Crippen molar-refractivity contribution in [2.24, 2.45) is 0 Å². The van der Waals surface area contributed by atoms with E-state index in [-0.39, 0.29) is 5.97 Å². The van der Waals surface area contributed by atoms with Crippen molar-refractivity contribution in [3.05, 3.63) is 41.6 Å². The monoisotopic (exact) mass is 213 g/mol. The van der Waals surface area contributed by atoms with Crippen molar-refractivity contribution in [2.75, 3.05) is 7.11 Å². The van der Waals surface area contributed by atoms with E-state index >= 15 is 0 Å². The predicted molar refractivity (Wildman–Crippen MR) is 62.3 cm³/mol. The zero-order valence-corrected chi connectivity index (χ0v) is 8.93. The Kier molecular flexibility index (Phi) is 1.86. The van der Waals surface area contributed by atoms with E-state index in [4.69, 9.17) is 4.74 Å². The van der Waals surface area contributed by atoms with Gasteiger partial charge < -0.3 is 9.30 Å². The molecule has 0 bridgehead atoms. The number of hydrogen-bond acceptors (Lipinski definition) is 2. The normalized spacial score (nSPS) is 13.1. The Morgan fingerprint density at radius 1 is 1.38 bits per heavy atom. The lowest BCUT2D eigenvalue weighted by Gasteiger charge is -1.98. The van der Waals surface area contributed by atoms with Crippen molar-refractivity contribution < 1.29 is 9.53 Å². The third-order valence-electron chi connectivity index (χ3n) is 2.96. The maximum atomic E-state index is 11.8. The molecule has 0 spiro atoms. The van der Waals surface area contributed by atoms with E-state index in [9.17, 15) is 4.79 Å². The highest BCUT2D eigenvalue weighted by atomic mass is 16.5. The number of nitrogens with zero attached hydrogens (tertiary/aromatic N) is 1. The number of para-hydroxylation sites is 1. The molecule has 0 fully saturated rings. The van der Waals surface area contributed by atoms with Gasteiger partial charge in [0.1, 0.15) is 0 Å². The second kappa shape index (κ2) is 3.23. The molecule has 1 aliphatic rings. The Morgan fingerprint density at radius 2 is 2.19 bits per heavy atom. The Hall–Kier alpha value is -2.03. The maximum absolute atomic E-state index is 11.8. The number of carbonyl (C=O) groups excluding carboxylic acids is 1. The molecule has 16 heavy (non-hydrogen) atoms. The van der Waals surface area contributed by atoms with Gasteiger partial charge >= 0.3 is 5.97 Å². The Morgan fingerprint density at radius 3 is 3.00 bits per heavy atom. The van der Waals surface area contributed by atoms with Crippen LogP contribution >= 0.6 is 0 Å². The van der Waals surface area contributed by atoms with Crippen molar-refractivity contribution in [3.8, 4) is 0 Å². The van der Waals surface area contributed by atoms with Crippen LogP contribution in [0.3, 0.4) is 0 Å². The van der Waals surface area contributed by atoms with E-state index in [1.54, 1.807) is 0 Å². The van der Waals surface area contributed by atoms with Crippen molar-refractivity contribution in [1.29, 1.82) is 0 Å². The summed E-state index contributed by atoms with van der Waals surface area (Å²) >= 11 is 0. The highest BCUT2D eigenvalue weighted by Gasteiger charge is 2.22. The average Bonchev–Trinajstić information content (AvgIpc) is 2.87. The molecule has 3 nitrogen and oxygen atoms in total. The molecule has 0 unspecified atom stereocenters. The lowest BCUT2D eigenvalue weighted by molar-refractivity contribution is 0.0602. The first-order valence-corrected chi connectivity index (χ1v) is 5.19. The van der Waals surface area contributed by atoms with Crippen LogP contribution in [0.4, 0.5) is 0 Å². The first-order valence-electron chi connectivity index (χ1n) is 5.19. The zero-order chi connectivity index (χ0) is 11.1. The van der Waals surface area contributed by atoms with E-state index in [0.29, 0.717) is 5.56 Å². The van der Waals surface area contributed by atoms with Crippen LogP contribution in [0.15, 0.2) is 30.3 Å². The van der Waals surface area contributed by atoms with Gasteiger partial charge in [0, 0.05) is 17.4 Å². The van der Waals surface area contributed by atoms with Gasteiger partial charge in [0.2, 0.25) is 0 Å². The summed E-state index contributed by atoms with van der Waals surface area (Å²) in [5.41, 5.74) is 2.71. The molecule has 0 aliphatic carbocycles. The molecule has 0 amide bonds. The minimum atomic E-state index is -0.267. The minimum Gasteiger partial charge on any atom is -0.465 e. The predicted octanol–water partition coefficient (Wildman–Crippen LogP) is 2.45. The maximum Gasteiger partial charge on any atom is 0.340 e. The van der Waals surface area contributed by atoms with Crippen LogP contribution in [0.5, 0.6) is 0 Å². The van der Waals surface area contributed by atoms with Crippen molar-refractivity contribution in [3.63, 3.8) is 0 Å². The highest BCUT2D eigenvalue weighted by Crippen LogP contribution is 2.30. The van der Waals surface area contributed by atoms with Gasteiger partial charge in [0.25, 0.3) is 0 Å². The summed E-state index contributed by atoms with van der Waals surface area (Å²) in [5.74, 6) is -0.267. The van der Waals surface area contributed by atoms with Gasteiger partial charge in [-0.15, -0.1) is 0 Å². The number of ether oxygens (including phenoxy) is 1. The number of allylic oxidation sites excluding steroid dienone is 1. The molecule has 80 valence electrons. The largest absolute Gasteiger partial charge is 0.465 e. The van der Waals surface area contributed by atoms with E-state index in [1.807, 2.05) is 36.4 Å². The number of methoxy groups -OCH3 is 1. The molecular weight excluding hydrogens is 202 g/mol. The molecular formula is C13H11NO2. The molecule has 0 saturated carbocycles. The number of fused-ring (bicyclic) bond motifs is 3. The van der Waals surface area contributed by atoms with Crippen LogP contribution in [0.25, 0.3) is 17.0 Å². The van der Waals surface area contributed by atoms with E-state index < -0.39 is 0 Å². The van der Waals surface area contributed by atoms with Crippen LogP contribution in [-0.2, 0) is 11.3 Å². The first kappa shape index (κ1) is 9.21. The molecule has 0 N–H and O–H groups in total. The van der Waals surface area contributed by atoms with Crippen LogP contribution in [0, 0.1) is 0 Å². The highest BCUT2D eigenvalue weighted by molar-refractivity contribution is 6.08. The van der Waals surface area contributed by atoms with Crippen molar-refractivity contribution in [1.82, 2.24) is 4.57 Å². The molecule has 2 heterocycles. The molecule has 1 aromatic carbocycles. The molecule has 0 radical (unpaired) electrons. The summed E-state index contributed by atoms with van der Waals surface area (Å²) in [6.45, 7) is 0.826. The molecule has 3 heteroatoms. The number of aromatic nitrogens is 1. The Bertz CT molecular complexity index is 608. The summed E-state index contributed by atoms with van der Waals surface area (Å²) in [7, 11) is 1.42. The number of rotatable bonds is 1. The lowest BCUT2D eigenvalue weighted by atomic mass is 10.1. The SMILES string of the molecule is COC(=O)c1c2n(c3ccccc13)CC=C2. The number of esters is 1. The van der Waals surface area contributed by atoms with Crippen molar-refractivity contribution in [2.45, 2.75) is 6.54 Å². The topological polar surface area (TPSA) is 31.2 Å². The molecule has 1 aromatic heterocycles. The smallest absolute Gasteiger partial charge is 0.340 e. The lowest BCUT2D eigenvalue weighted by Crippen LogP contribution is -2.02. The summed E-state index contributed by atoms with van der Waals surface area (Å²) in [5, 5.41) is 0.966. The van der Waals surface area contributed by atoms with E-state index in [0.717, 1.165) is 23.1 Å². The molecule has 3 rings (SSSR count). The fourth-order valence-corrected chi connectivity index (χ4v) is 2.28. The fourth-order valence-electron chi connectivity index (χ4n) is 2.28. The third kappa shape index (κ3) is 1.05. The fraction of sp³-hybridized carbons (Fsp3) is 0.154. The first-order chi connectivity index (χ1) is 7.83. The second-order valence-corrected chi connectivity index (χ2v) is 3.78. The van der Waals surface area contributed by atoms with Gasteiger partial charge in [0.15, 0.2) is 0 Å². The number of hydrogen-bond donors (Lipinski definition) is 0. The Balaban J connectivity index is 2.41. The minimum absolute atomic E-state index is 0.267. The number of carbonyl (C=O) groups is 1. The summed E-state index contributed by atoms with van der Waals surface area (Å²) in [6, 6.07) is 7.90. The van der Waals surface area contributed by atoms with Gasteiger partial charge in [-0.2, -0.15) is 0 Å². The summed E-state index contributed by atoms with van der Waals surface area (Å²) in [6.07, 6.45) is 4.03. The summed E-state index contributed by atoms with van der Waals surface area (Å²) in [4.78, 5) is 11.8. The van der Waals surface area contributed by atoms with Crippen LogP contribution in [-0.4, -0.2) is 17.6 Å². The van der Waals surface area contributed by atoms with Gasteiger partial charge in [0.05, 0.1) is 18.4 Å². The van der Waals surface area contributed by atoms with Crippen LogP contribution < -0.4 is 0 Å². The molecule has 2 aromatic rings. The second-order valence-electron chi connectivity index (χ2n) is 3.78. The van der Waals surface area contributed by atoms with Crippen molar-refractivity contribution >= 4 is 22.9 Å². The van der Waals surface area contributed by atoms with Crippen LogP contribution in [0.1, 0.15) is 16.1 Å². The average molecular weight is 213 g/mol. The van der Waals surface area contributed by atoms with Gasteiger partial charge in [-0.1, -0.05) is 24.3 Å². The quantitative estimate of drug-likeness (QED) is 0.681.